The van der Waals surface area contributed by atoms with Gasteiger partial charge in [0.2, 0.25) is 0 Å². The molecule has 5 nitrogen and oxygen atoms in total. The maximum Gasteiger partial charge on any atom is 0.389 e. The average molecular weight is 333 g/mol. The highest BCUT2D eigenvalue weighted by molar-refractivity contribution is 7.99. The van der Waals surface area contributed by atoms with Crippen LogP contribution in [0.25, 0.3) is 0 Å². The Morgan fingerprint density at radius 3 is 2.18 bits per heavy atom. The predicted octanol–water partition coefficient (Wildman–Crippen LogP) is 2.43. The first kappa shape index (κ1) is 16.3. The normalized spacial score (nSPS) is 14.2. The second-order valence-electron chi connectivity index (χ2n) is 4.33. The van der Waals surface area contributed by atoms with Crippen LogP contribution in [0, 0.1) is 0 Å². The lowest BCUT2D eigenvalue weighted by molar-refractivity contribution is -0.165. The number of amides is 2. The van der Waals surface area contributed by atoms with Gasteiger partial charge in [-0.1, -0.05) is 17.2 Å². The monoisotopic (exact) mass is 333 g/mol. The molecule has 0 bridgehead atoms. The molecule has 0 radical (unpaired) electrons. The molecule has 1 aliphatic rings. The lowest BCUT2D eigenvalue weighted by Gasteiger charge is -2.12. The highest BCUT2D eigenvalue weighted by Gasteiger charge is 2.38. The van der Waals surface area contributed by atoms with Crippen LogP contribution in [0.3, 0.4) is 0 Å². The van der Waals surface area contributed by atoms with Crippen molar-refractivity contribution in [3.8, 4) is 0 Å². The van der Waals surface area contributed by atoms with Crippen LogP contribution in [0.4, 0.5) is 13.2 Å². The fraction of sp³-hybridized carbons (Fsp3) is 0.308. The van der Waals surface area contributed by atoms with Gasteiger partial charge in [0.25, 0.3) is 11.8 Å². The molecule has 0 unspecified atom stereocenters. The summed E-state index contributed by atoms with van der Waals surface area (Å²) < 4.78 is 35.8. The van der Waals surface area contributed by atoms with Crippen LogP contribution in [-0.4, -0.2) is 40.5 Å². The number of nitrogens with zero attached hydrogens (tertiary/aromatic N) is 1. The number of carbonyl (C=O) groups is 3. The Labute approximate surface area is 127 Å². The van der Waals surface area contributed by atoms with E-state index in [1.165, 1.54) is 12.1 Å². The van der Waals surface area contributed by atoms with Gasteiger partial charge in [0.15, 0.2) is 0 Å². The Balaban J connectivity index is 1.86. The van der Waals surface area contributed by atoms with Crippen molar-refractivity contribution in [1.29, 1.82) is 0 Å². The van der Waals surface area contributed by atoms with E-state index in [1.807, 2.05) is 0 Å². The number of hydrogen-bond donors (Lipinski definition) is 0. The second-order valence-corrected chi connectivity index (χ2v) is 5.44. The summed E-state index contributed by atoms with van der Waals surface area (Å²) in [5, 5.41) is 0.331. The largest absolute Gasteiger partial charge is 0.389 e. The third-order valence-electron chi connectivity index (χ3n) is 2.70. The minimum absolute atomic E-state index is 0.116. The second kappa shape index (κ2) is 6.39. The van der Waals surface area contributed by atoms with Crippen molar-refractivity contribution in [3.63, 3.8) is 0 Å². The molecule has 1 heterocycles. The van der Waals surface area contributed by atoms with Crippen LogP contribution >= 0.6 is 11.8 Å². The summed E-state index contributed by atoms with van der Waals surface area (Å²) in [6, 6.07) is 5.95. The first-order valence-electron chi connectivity index (χ1n) is 6.13. The van der Waals surface area contributed by atoms with E-state index in [9.17, 15) is 27.6 Å². The molecule has 118 valence electrons. The number of hydroxylamine groups is 2. The zero-order valence-electron chi connectivity index (χ0n) is 11.1. The predicted molar refractivity (Wildman–Crippen MR) is 71.0 cm³/mol. The van der Waals surface area contributed by atoms with E-state index in [0.29, 0.717) is 16.8 Å². The Morgan fingerprint density at radius 1 is 1.14 bits per heavy atom. The summed E-state index contributed by atoms with van der Waals surface area (Å²) in [6.45, 7) is 0. The fourth-order valence-electron chi connectivity index (χ4n) is 1.72. The average Bonchev–Trinajstić information content (AvgIpc) is 2.68. The van der Waals surface area contributed by atoms with Gasteiger partial charge in [-0.3, -0.25) is 9.59 Å². The van der Waals surface area contributed by atoms with Crippen molar-refractivity contribution >= 4 is 29.5 Å². The Morgan fingerprint density at radius 2 is 1.68 bits per heavy atom. The van der Waals surface area contributed by atoms with E-state index in [4.69, 9.17) is 0 Å². The number of hydrogen-bond acceptors (Lipinski definition) is 5. The maximum absolute atomic E-state index is 11.9. The van der Waals surface area contributed by atoms with Crippen molar-refractivity contribution in [2.75, 3.05) is 11.5 Å². The molecule has 0 atom stereocenters. The molecule has 0 saturated carbocycles. The number of fused-ring (bicyclic) bond motifs is 1. The van der Waals surface area contributed by atoms with E-state index >= 15 is 0 Å². The third-order valence-corrected chi connectivity index (χ3v) is 3.63. The molecular weight excluding hydrogens is 323 g/mol. The summed E-state index contributed by atoms with van der Waals surface area (Å²) in [6.07, 6.45) is -5.32. The van der Waals surface area contributed by atoms with Gasteiger partial charge in [0, 0.05) is 5.75 Å². The van der Waals surface area contributed by atoms with E-state index in [-0.39, 0.29) is 22.6 Å². The lowest BCUT2D eigenvalue weighted by atomic mass is 10.1. The summed E-state index contributed by atoms with van der Waals surface area (Å²) in [7, 11) is 0. The number of halogens is 3. The van der Waals surface area contributed by atoms with E-state index in [0.717, 1.165) is 0 Å². The molecular formula is C13H10F3NO4S. The molecule has 2 amide bonds. The van der Waals surface area contributed by atoms with Gasteiger partial charge in [-0.25, -0.2) is 4.79 Å². The standard InChI is InChI=1S/C13H10F3NO4S/c14-13(15,16)5-6-22-7-10(18)21-17-11(19)8-3-1-2-4-9(8)12(17)20/h1-4H,5-7H2. The molecule has 9 heteroatoms. The number of rotatable bonds is 5. The van der Waals surface area contributed by atoms with Crippen LogP contribution in [-0.2, 0) is 9.63 Å². The fourth-order valence-corrected chi connectivity index (χ4v) is 2.46. The Bertz CT molecular complexity index is 583. The van der Waals surface area contributed by atoms with E-state index < -0.39 is 30.4 Å². The van der Waals surface area contributed by atoms with Gasteiger partial charge in [-0.15, -0.1) is 11.8 Å². The zero-order valence-corrected chi connectivity index (χ0v) is 11.9. The molecule has 22 heavy (non-hydrogen) atoms. The molecule has 2 rings (SSSR count). The van der Waals surface area contributed by atoms with Gasteiger partial charge in [-0.05, 0) is 12.1 Å². The molecule has 0 saturated heterocycles. The van der Waals surface area contributed by atoms with Crippen molar-refractivity contribution in [2.24, 2.45) is 0 Å². The molecule has 0 aliphatic carbocycles. The van der Waals surface area contributed by atoms with Gasteiger partial charge >= 0.3 is 12.1 Å². The van der Waals surface area contributed by atoms with Crippen molar-refractivity contribution in [3.05, 3.63) is 35.4 Å². The van der Waals surface area contributed by atoms with Crippen LogP contribution in [0.2, 0.25) is 0 Å². The van der Waals surface area contributed by atoms with Crippen LogP contribution in [0.1, 0.15) is 27.1 Å². The van der Waals surface area contributed by atoms with Gasteiger partial charge in [0.05, 0.1) is 23.3 Å². The first-order valence-corrected chi connectivity index (χ1v) is 7.28. The van der Waals surface area contributed by atoms with Crippen LogP contribution in [0.15, 0.2) is 24.3 Å². The topological polar surface area (TPSA) is 63.7 Å². The maximum atomic E-state index is 11.9. The molecule has 0 spiro atoms. The molecule has 1 aliphatic heterocycles. The molecule has 1 aromatic rings. The summed E-state index contributed by atoms with van der Waals surface area (Å²) in [4.78, 5) is 39.9. The highest BCUT2D eigenvalue weighted by atomic mass is 32.2. The number of imide groups is 1. The van der Waals surface area contributed by atoms with Gasteiger partial charge in [0.1, 0.15) is 0 Å². The molecule has 1 aromatic carbocycles. The minimum atomic E-state index is -4.29. The summed E-state index contributed by atoms with van der Waals surface area (Å²) in [5.74, 6) is -3.19. The quantitative estimate of drug-likeness (QED) is 0.612. The number of carbonyl (C=O) groups excluding carboxylic acids is 3. The SMILES string of the molecule is O=C(CSCCC(F)(F)F)ON1C(=O)c2ccccc2C1=O. The van der Waals surface area contributed by atoms with Gasteiger partial charge in [-0.2, -0.15) is 13.2 Å². The van der Waals surface area contributed by atoms with E-state index in [2.05, 4.69) is 4.84 Å². The van der Waals surface area contributed by atoms with Crippen molar-refractivity contribution in [1.82, 2.24) is 5.06 Å². The number of alkyl halides is 3. The van der Waals surface area contributed by atoms with Crippen molar-refractivity contribution < 1.29 is 32.4 Å². The van der Waals surface area contributed by atoms with Crippen molar-refractivity contribution in [2.45, 2.75) is 12.6 Å². The van der Waals surface area contributed by atoms with Gasteiger partial charge < -0.3 is 4.84 Å². The van der Waals surface area contributed by atoms with Crippen LogP contribution in [0.5, 0.6) is 0 Å². The summed E-state index contributed by atoms with van der Waals surface area (Å²) in [5.41, 5.74) is 0.232. The Hall–Kier alpha value is -2.03. The minimum Gasteiger partial charge on any atom is -0.329 e. The highest BCUT2D eigenvalue weighted by Crippen LogP contribution is 2.24. The molecule has 0 N–H and O–H groups in total. The molecule has 0 aromatic heterocycles. The smallest absolute Gasteiger partial charge is 0.329 e. The lowest BCUT2D eigenvalue weighted by Crippen LogP contribution is -2.33. The van der Waals surface area contributed by atoms with Crippen LogP contribution < -0.4 is 0 Å². The number of thioether (sulfide) groups is 1. The third kappa shape index (κ3) is 3.79. The molecule has 0 fully saturated rings. The summed E-state index contributed by atoms with van der Waals surface area (Å²) >= 11 is 0.714. The van der Waals surface area contributed by atoms with E-state index in [1.54, 1.807) is 12.1 Å². The number of benzene rings is 1. The first-order chi connectivity index (χ1) is 10.3. The Kier molecular flexibility index (Phi) is 4.74. The zero-order chi connectivity index (χ0) is 16.3.